The van der Waals surface area contributed by atoms with Gasteiger partial charge in [0.2, 0.25) is 5.91 Å². The molecule has 2 aromatic heterocycles. The van der Waals surface area contributed by atoms with Crippen molar-refractivity contribution in [2.45, 2.75) is 26.5 Å². The summed E-state index contributed by atoms with van der Waals surface area (Å²) in [7, 11) is 0. The van der Waals surface area contributed by atoms with Crippen LogP contribution in [0.15, 0.2) is 65.7 Å². The van der Waals surface area contributed by atoms with Crippen LogP contribution in [0.1, 0.15) is 18.1 Å². The van der Waals surface area contributed by atoms with Crippen LogP contribution in [-0.4, -0.2) is 25.2 Å². The summed E-state index contributed by atoms with van der Waals surface area (Å²) < 4.78 is 15.9. The molecule has 0 atom stereocenters. The van der Waals surface area contributed by atoms with E-state index in [1.165, 1.54) is 39.5 Å². The van der Waals surface area contributed by atoms with Crippen LogP contribution in [0, 0.1) is 5.82 Å². The molecule has 2 heterocycles. The maximum absolute atomic E-state index is 13.3. The molecule has 0 saturated heterocycles. The zero-order valence-electron chi connectivity index (χ0n) is 16.9. The third-order valence-corrected chi connectivity index (χ3v) is 5.07. The topological polar surface area (TPSA) is 88.6 Å². The number of halogens is 1. The van der Waals surface area contributed by atoms with Crippen LogP contribution in [0.5, 0.6) is 0 Å². The van der Waals surface area contributed by atoms with Crippen molar-refractivity contribution in [2.24, 2.45) is 0 Å². The molecule has 2 N–H and O–H groups in total. The molecule has 0 aliphatic carbocycles. The highest BCUT2D eigenvalue weighted by atomic mass is 19.1. The van der Waals surface area contributed by atoms with Gasteiger partial charge in [-0.3, -0.25) is 9.59 Å². The van der Waals surface area contributed by atoms with Crippen molar-refractivity contribution in [2.75, 3.05) is 5.32 Å². The Bertz CT molecular complexity index is 1310. The molecule has 158 valence electrons. The Kier molecular flexibility index (Phi) is 5.64. The summed E-state index contributed by atoms with van der Waals surface area (Å²) in [6.45, 7) is 1.42. The van der Waals surface area contributed by atoms with Gasteiger partial charge < -0.3 is 15.0 Å². The van der Waals surface area contributed by atoms with Crippen LogP contribution >= 0.6 is 0 Å². The van der Waals surface area contributed by atoms with Gasteiger partial charge in [-0.1, -0.05) is 19.1 Å². The molecule has 0 spiro atoms. The smallest absolute Gasteiger partial charge is 0.277 e. The van der Waals surface area contributed by atoms with Gasteiger partial charge in [0, 0.05) is 29.2 Å². The fourth-order valence-electron chi connectivity index (χ4n) is 3.49. The van der Waals surface area contributed by atoms with Crippen LogP contribution in [0.2, 0.25) is 0 Å². The number of nitrogens with zero attached hydrogens (tertiary/aromatic N) is 3. The number of amides is 1. The number of aromatic nitrogens is 3. The lowest BCUT2D eigenvalue weighted by molar-refractivity contribution is -0.116. The van der Waals surface area contributed by atoms with E-state index in [4.69, 9.17) is 0 Å². The summed E-state index contributed by atoms with van der Waals surface area (Å²) >= 11 is 0. The summed E-state index contributed by atoms with van der Waals surface area (Å²) in [4.78, 5) is 25.6. The van der Waals surface area contributed by atoms with Gasteiger partial charge in [0.15, 0.2) is 0 Å². The Morgan fingerprint density at radius 1 is 1.16 bits per heavy atom. The Labute approximate surface area is 177 Å². The van der Waals surface area contributed by atoms with E-state index >= 15 is 0 Å². The first-order chi connectivity index (χ1) is 15.0. The average molecular weight is 420 g/mol. The van der Waals surface area contributed by atoms with Gasteiger partial charge in [0.25, 0.3) is 5.56 Å². The monoisotopic (exact) mass is 420 g/mol. The molecule has 7 nitrogen and oxygen atoms in total. The number of hydrogen-bond donors (Lipinski definition) is 2. The number of nitrogens with one attached hydrogen (secondary N) is 1. The number of carbonyl (C=O) groups is 1. The maximum Gasteiger partial charge on any atom is 0.277 e. The number of aryl methyl sites for hydroxylation is 1. The lowest BCUT2D eigenvalue weighted by atomic mass is 10.1. The van der Waals surface area contributed by atoms with Crippen molar-refractivity contribution in [3.63, 3.8) is 0 Å². The third-order valence-electron chi connectivity index (χ3n) is 5.07. The fraction of sp³-hybridized carbons (Fsp3) is 0.174. The highest BCUT2D eigenvalue weighted by Crippen LogP contribution is 2.25. The van der Waals surface area contributed by atoms with E-state index in [0.29, 0.717) is 22.5 Å². The van der Waals surface area contributed by atoms with E-state index in [1.807, 2.05) is 25.1 Å². The predicted molar refractivity (Wildman–Crippen MR) is 115 cm³/mol. The van der Waals surface area contributed by atoms with Crippen LogP contribution in [-0.2, 0) is 24.4 Å². The summed E-state index contributed by atoms with van der Waals surface area (Å²) in [5, 5.41) is 17.1. The van der Waals surface area contributed by atoms with Crippen molar-refractivity contribution >= 4 is 17.1 Å². The van der Waals surface area contributed by atoms with Gasteiger partial charge in [0.05, 0.1) is 12.3 Å². The number of aliphatic hydroxyl groups excluding tert-OH is 1. The minimum atomic E-state index is -0.454. The first-order valence-corrected chi connectivity index (χ1v) is 9.86. The lowest BCUT2D eigenvalue weighted by Crippen LogP contribution is -2.28. The molecule has 4 rings (SSSR count). The van der Waals surface area contributed by atoms with Crippen molar-refractivity contribution in [1.29, 1.82) is 0 Å². The molecule has 0 aliphatic rings. The second-order valence-electron chi connectivity index (χ2n) is 7.12. The fourth-order valence-corrected chi connectivity index (χ4v) is 3.49. The number of fused-ring (bicyclic) bond motifs is 1. The Hall–Kier alpha value is -3.78. The summed E-state index contributed by atoms with van der Waals surface area (Å²) in [6.07, 6.45) is 3.87. The molecule has 0 saturated carbocycles. The van der Waals surface area contributed by atoms with Gasteiger partial charge in [-0.2, -0.15) is 5.10 Å². The van der Waals surface area contributed by atoms with Crippen LogP contribution in [0.25, 0.3) is 16.8 Å². The highest BCUT2D eigenvalue weighted by molar-refractivity contribution is 5.90. The standard InChI is InChI=1S/C23H21FN4O3/c1-2-15-4-3-5-18(12-15)25-20(30)13-27-10-11-28-22(23(27)31)19(14-29)21(26-28)16-6-8-17(24)9-7-16/h3-12,29H,2,13-14H2,1H3,(H,25,30). The number of rotatable bonds is 6. The summed E-state index contributed by atoms with van der Waals surface area (Å²) in [5.74, 6) is -0.737. The van der Waals surface area contributed by atoms with Gasteiger partial charge >= 0.3 is 0 Å². The minimum absolute atomic E-state index is 0.171. The molecule has 8 heteroatoms. The van der Waals surface area contributed by atoms with Crippen LogP contribution < -0.4 is 10.9 Å². The Morgan fingerprint density at radius 2 is 1.94 bits per heavy atom. The van der Waals surface area contributed by atoms with Crippen molar-refractivity contribution < 1.29 is 14.3 Å². The van der Waals surface area contributed by atoms with E-state index in [-0.39, 0.29) is 18.0 Å². The molecule has 0 radical (unpaired) electrons. The molecule has 0 fully saturated rings. The zero-order chi connectivity index (χ0) is 22.0. The van der Waals surface area contributed by atoms with E-state index < -0.39 is 18.0 Å². The van der Waals surface area contributed by atoms with Gasteiger partial charge in [-0.15, -0.1) is 0 Å². The quantitative estimate of drug-likeness (QED) is 0.502. The van der Waals surface area contributed by atoms with Crippen molar-refractivity contribution in [1.82, 2.24) is 14.2 Å². The lowest BCUT2D eigenvalue weighted by Gasteiger charge is -2.09. The minimum Gasteiger partial charge on any atom is -0.392 e. The molecule has 4 aromatic rings. The molecular weight excluding hydrogens is 399 g/mol. The molecule has 1 amide bonds. The van der Waals surface area contributed by atoms with E-state index in [9.17, 15) is 19.1 Å². The Morgan fingerprint density at radius 3 is 2.65 bits per heavy atom. The number of aliphatic hydroxyl groups is 1. The van der Waals surface area contributed by atoms with Crippen LogP contribution in [0.4, 0.5) is 10.1 Å². The molecule has 2 aromatic carbocycles. The number of anilines is 1. The molecule has 0 bridgehead atoms. The van der Waals surface area contributed by atoms with Crippen molar-refractivity contribution in [3.05, 3.63) is 88.2 Å². The van der Waals surface area contributed by atoms with Gasteiger partial charge in [-0.05, 0) is 48.4 Å². The zero-order valence-corrected chi connectivity index (χ0v) is 16.9. The normalized spacial score (nSPS) is 11.1. The first-order valence-electron chi connectivity index (χ1n) is 9.86. The van der Waals surface area contributed by atoms with E-state index in [0.717, 1.165) is 12.0 Å². The molecule has 0 aliphatic heterocycles. The summed E-state index contributed by atoms with van der Waals surface area (Å²) in [5.41, 5.74) is 2.76. The number of benzene rings is 2. The average Bonchev–Trinajstić information content (AvgIpc) is 3.15. The molecule has 31 heavy (non-hydrogen) atoms. The molecule has 0 unspecified atom stereocenters. The number of hydrogen-bond acceptors (Lipinski definition) is 4. The first kappa shape index (κ1) is 20.5. The largest absolute Gasteiger partial charge is 0.392 e. The summed E-state index contributed by atoms with van der Waals surface area (Å²) in [6, 6.07) is 13.2. The highest BCUT2D eigenvalue weighted by Gasteiger charge is 2.18. The SMILES string of the molecule is CCc1cccc(NC(=O)Cn2ccn3nc(-c4ccc(F)cc4)c(CO)c3c2=O)c1. The van der Waals surface area contributed by atoms with Gasteiger partial charge in [-0.25, -0.2) is 8.91 Å². The maximum atomic E-state index is 13.3. The van der Waals surface area contributed by atoms with Gasteiger partial charge in [0.1, 0.15) is 17.9 Å². The van der Waals surface area contributed by atoms with E-state index in [2.05, 4.69) is 10.4 Å². The van der Waals surface area contributed by atoms with E-state index in [1.54, 1.807) is 12.3 Å². The number of carbonyl (C=O) groups excluding carboxylic acids is 1. The predicted octanol–water partition coefficient (Wildman–Crippen LogP) is 3.00. The van der Waals surface area contributed by atoms with Crippen LogP contribution in [0.3, 0.4) is 0 Å². The third kappa shape index (κ3) is 4.10. The second kappa shape index (κ2) is 8.53. The van der Waals surface area contributed by atoms with Crippen molar-refractivity contribution in [3.8, 4) is 11.3 Å². The Balaban J connectivity index is 1.66. The molecular formula is C23H21FN4O3. The second-order valence-corrected chi connectivity index (χ2v) is 7.12.